The molecule has 0 spiro atoms. The summed E-state index contributed by atoms with van der Waals surface area (Å²) in [6, 6.07) is 2.12. The molecule has 33 heavy (non-hydrogen) atoms. The zero-order valence-electron chi connectivity index (χ0n) is 17.4. The number of nitrogens with one attached hydrogen (secondary N) is 3. The summed E-state index contributed by atoms with van der Waals surface area (Å²) in [7, 11) is 0. The number of azide groups is 1. The third-order valence-electron chi connectivity index (χ3n) is 4.35. The lowest BCUT2D eigenvalue weighted by atomic mass is 10.1. The maximum atomic E-state index is 12.1. The smallest absolute Gasteiger partial charge is 0.326 e. The molecule has 0 aliphatic heterocycles. The lowest BCUT2D eigenvalue weighted by Gasteiger charge is -2.18. The van der Waals surface area contributed by atoms with E-state index < -0.39 is 42.4 Å². The highest BCUT2D eigenvalue weighted by Crippen LogP contribution is 2.13. The summed E-state index contributed by atoms with van der Waals surface area (Å²) in [6.45, 7) is 0.242. The highest BCUT2D eigenvalue weighted by Gasteiger charge is 2.24. The molecule has 1 rings (SSSR count). The number of rotatable bonds is 14. The lowest BCUT2D eigenvalue weighted by Crippen LogP contribution is -2.51. The molecule has 178 valence electrons. The quantitative estimate of drug-likeness (QED) is 0.102. The lowest BCUT2D eigenvalue weighted by molar-refractivity contribution is -0.140. The molecule has 0 bridgehead atoms. The van der Waals surface area contributed by atoms with E-state index in [1.54, 1.807) is 0 Å². The molecule has 0 aliphatic rings. The van der Waals surface area contributed by atoms with Crippen molar-refractivity contribution in [2.75, 3.05) is 6.54 Å². The third-order valence-corrected chi connectivity index (χ3v) is 4.35. The average molecular weight is 464 g/mol. The van der Waals surface area contributed by atoms with Gasteiger partial charge in [0.15, 0.2) is 0 Å². The Hall–Kier alpha value is -4.32. The Morgan fingerprint density at radius 1 is 0.909 bits per heavy atom. The van der Waals surface area contributed by atoms with E-state index >= 15 is 0 Å². The molecule has 14 heteroatoms. The molecule has 0 heterocycles. The number of carbonyl (C=O) groups is 5. The van der Waals surface area contributed by atoms with Crippen LogP contribution in [0.15, 0.2) is 29.4 Å². The third kappa shape index (κ3) is 10.5. The van der Waals surface area contributed by atoms with Crippen LogP contribution in [-0.2, 0) is 14.4 Å². The van der Waals surface area contributed by atoms with Crippen LogP contribution in [0.25, 0.3) is 10.4 Å². The number of urea groups is 1. The molecule has 0 radical (unpaired) electrons. The van der Waals surface area contributed by atoms with Crippen molar-refractivity contribution in [3.8, 4) is 0 Å². The number of hydrogen-bond donors (Lipinski definition) is 6. The number of carboxylic acid groups (broad SMARTS) is 3. The van der Waals surface area contributed by atoms with E-state index in [-0.39, 0.29) is 25.3 Å². The molecule has 2 atom stereocenters. The van der Waals surface area contributed by atoms with E-state index in [4.69, 9.17) is 15.7 Å². The van der Waals surface area contributed by atoms with Crippen LogP contribution in [0.4, 0.5) is 10.5 Å². The topological polar surface area (TPSA) is 231 Å². The van der Waals surface area contributed by atoms with Crippen molar-refractivity contribution in [3.63, 3.8) is 0 Å². The Balaban J connectivity index is 2.43. The van der Waals surface area contributed by atoms with Gasteiger partial charge in [0, 0.05) is 29.1 Å². The summed E-state index contributed by atoms with van der Waals surface area (Å²) in [6.07, 6.45) is -0.0832. The normalized spacial score (nSPS) is 11.9. The van der Waals surface area contributed by atoms with Gasteiger partial charge in [-0.2, -0.15) is 0 Å². The molecular weight excluding hydrogens is 440 g/mol. The zero-order chi connectivity index (χ0) is 24.8. The van der Waals surface area contributed by atoms with Crippen molar-refractivity contribution in [1.82, 2.24) is 16.0 Å². The van der Waals surface area contributed by atoms with E-state index in [1.165, 1.54) is 24.3 Å². The molecular formula is C19H24N6O8. The van der Waals surface area contributed by atoms with Crippen molar-refractivity contribution in [1.29, 1.82) is 0 Å². The molecule has 3 amide bonds. The number of carboxylic acids is 3. The molecule has 0 saturated heterocycles. The van der Waals surface area contributed by atoms with Gasteiger partial charge in [0.2, 0.25) is 0 Å². The van der Waals surface area contributed by atoms with E-state index in [0.717, 1.165) is 0 Å². The van der Waals surface area contributed by atoms with Gasteiger partial charge in [-0.05, 0) is 43.3 Å². The second-order valence-corrected chi connectivity index (χ2v) is 6.82. The second-order valence-electron chi connectivity index (χ2n) is 6.82. The van der Waals surface area contributed by atoms with Crippen LogP contribution in [-0.4, -0.2) is 63.8 Å². The van der Waals surface area contributed by atoms with Gasteiger partial charge in [-0.25, -0.2) is 14.4 Å². The van der Waals surface area contributed by atoms with E-state index in [9.17, 15) is 29.1 Å². The number of aliphatic carboxylic acids is 3. The molecule has 0 saturated carbocycles. The Labute approximate surface area is 187 Å². The Kier molecular flexibility index (Phi) is 11.2. The first-order chi connectivity index (χ1) is 15.6. The number of hydrogen-bond acceptors (Lipinski definition) is 6. The van der Waals surface area contributed by atoms with Crippen molar-refractivity contribution in [2.45, 2.75) is 44.2 Å². The van der Waals surface area contributed by atoms with Crippen LogP contribution < -0.4 is 16.0 Å². The predicted octanol–water partition coefficient (Wildman–Crippen LogP) is 1.60. The van der Waals surface area contributed by atoms with Crippen molar-refractivity contribution in [2.24, 2.45) is 5.11 Å². The van der Waals surface area contributed by atoms with Gasteiger partial charge in [0.05, 0.1) is 0 Å². The zero-order valence-corrected chi connectivity index (χ0v) is 17.4. The maximum absolute atomic E-state index is 12.1. The minimum Gasteiger partial charge on any atom is -0.481 e. The molecule has 0 aliphatic carbocycles. The highest BCUT2D eigenvalue weighted by molar-refractivity contribution is 5.94. The fourth-order valence-electron chi connectivity index (χ4n) is 2.65. The standard InChI is InChI=1S/C19H24N6O8/c20-25-24-12-6-4-11(5-7-12)16(28)21-10-2-1-3-13(17(29)30)22-19(33)23-14(18(31)32)8-9-15(26)27/h4-7,13-14H,1-3,8-10H2,(H,21,28)(H,26,27)(H,29,30)(H,31,32)(H2,22,23,33)/t13-,14?/m0/s1. The van der Waals surface area contributed by atoms with Gasteiger partial charge in [-0.1, -0.05) is 17.2 Å². The van der Waals surface area contributed by atoms with Gasteiger partial charge in [0.1, 0.15) is 12.1 Å². The first kappa shape index (κ1) is 26.7. The summed E-state index contributed by atoms with van der Waals surface area (Å²) < 4.78 is 0. The molecule has 14 nitrogen and oxygen atoms in total. The van der Waals surface area contributed by atoms with E-state index in [1.807, 2.05) is 5.32 Å². The van der Waals surface area contributed by atoms with Crippen LogP contribution in [0.1, 0.15) is 42.5 Å². The number of benzene rings is 1. The largest absolute Gasteiger partial charge is 0.481 e. The number of carbonyl (C=O) groups excluding carboxylic acids is 2. The second kappa shape index (κ2) is 13.9. The minimum atomic E-state index is -1.48. The van der Waals surface area contributed by atoms with Crippen LogP contribution in [0, 0.1) is 0 Å². The summed E-state index contributed by atoms with van der Waals surface area (Å²) >= 11 is 0. The number of nitrogens with zero attached hydrogens (tertiary/aromatic N) is 3. The van der Waals surface area contributed by atoms with E-state index in [2.05, 4.69) is 20.7 Å². The summed E-state index contributed by atoms with van der Waals surface area (Å²) in [5.41, 5.74) is 9.07. The first-order valence-electron chi connectivity index (χ1n) is 9.81. The first-order valence-corrected chi connectivity index (χ1v) is 9.81. The van der Waals surface area contributed by atoms with Crippen molar-refractivity contribution >= 4 is 35.5 Å². The Morgan fingerprint density at radius 2 is 1.48 bits per heavy atom. The van der Waals surface area contributed by atoms with Crippen LogP contribution in [0.2, 0.25) is 0 Å². The number of amides is 3. The molecule has 0 fully saturated rings. The predicted molar refractivity (Wildman–Crippen MR) is 113 cm³/mol. The monoisotopic (exact) mass is 464 g/mol. The van der Waals surface area contributed by atoms with Crippen molar-refractivity contribution in [3.05, 3.63) is 40.3 Å². The van der Waals surface area contributed by atoms with Gasteiger partial charge >= 0.3 is 23.9 Å². The Morgan fingerprint density at radius 3 is 2.00 bits per heavy atom. The number of unbranched alkanes of at least 4 members (excludes halogenated alkanes) is 1. The van der Waals surface area contributed by atoms with E-state index in [0.29, 0.717) is 24.1 Å². The summed E-state index contributed by atoms with van der Waals surface area (Å²) in [5, 5.41) is 37.2. The maximum Gasteiger partial charge on any atom is 0.326 e. The molecule has 1 unspecified atom stereocenters. The van der Waals surface area contributed by atoms with Crippen molar-refractivity contribution < 1.29 is 39.3 Å². The summed E-state index contributed by atoms with van der Waals surface area (Å²) in [4.78, 5) is 59.7. The molecule has 0 aromatic heterocycles. The van der Waals surface area contributed by atoms with Crippen LogP contribution in [0.5, 0.6) is 0 Å². The minimum absolute atomic E-state index is 0.0202. The van der Waals surface area contributed by atoms with Gasteiger partial charge < -0.3 is 31.3 Å². The van der Waals surface area contributed by atoms with Crippen LogP contribution >= 0.6 is 0 Å². The fourth-order valence-corrected chi connectivity index (χ4v) is 2.65. The Bertz CT molecular complexity index is 913. The SMILES string of the molecule is [N-]=[N+]=Nc1ccc(C(=O)NCCCC[C@H](NC(=O)NC(CCC(=O)O)C(=O)O)C(=O)O)cc1. The van der Waals surface area contributed by atoms with Crippen LogP contribution in [0.3, 0.4) is 0 Å². The molecule has 1 aromatic carbocycles. The van der Waals surface area contributed by atoms with Gasteiger partial charge in [-0.3, -0.25) is 9.59 Å². The average Bonchev–Trinajstić information content (AvgIpc) is 2.75. The van der Waals surface area contributed by atoms with Gasteiger partial charge in [0.25, 0.3) is 5.91 Å². The highest BCUT2D eigenvalue weighted by atomic mass is 16.4. The molecule has 6 N–H and O–H groups in total. The molecule has 1 aromatic rings. The van der Waals surface area contributed by atoms with Gasteiger partial charge in [-0.15, -0.1) is 0 Å². The fraction of sp³-hybridized carbons (Fsp3) is 0.421. The summed E-state index contributed by atoms with van der Waals surface area (Å²) in [5.74, 6) is -4.37.